The number of benzene rings is 2. The van der Waals surface area contributed by atoms with Crippen molar-refractivity contribution in [3.8, 4) is 6.07 Å². The Morgan fingerprint density at radius 3 is 2.46 bits per heavy atom. The van der Waals surface area contributed by atoms with Crippen LogP contribution in [-0.4, -0.2) is 28.1 Å². The van der Waals surface area contributed by atoms with Crippen LogP contribution in [0.2, 0.25) is 0 Å². The molecule has 28 heavy (non-hydrogen) atoms. The zero-order valence-corrected chi connectivity index (χ0v) is 15.4. The molecule has 0 aliphatic heterocycles. The summed E-state index contributed by atoms with van der Waals surface area (Å²) in [6.45, 7) is 2.07. The Bertz CT molecular complexity index is 1090. The summed E-state index contributed by atoms with van der Waals surface area (Å²) < 4.78 is 1.59. The number of hydrogen-bond acceptors (Lipinski definition) is 3. The number of carboxylic acid groups (broad SMARTS) is 1. The highest BCUT2D eigenvalue weighted by molar-refractivity contribution is 6.12. The van der Waals surface area contributed by atoms with Crippen LogP contribution in [0, 0.1) is 11.3 Å². The summed E-state index contributed by atoms with van der Waals surface area (Å²) in [6, 6.07) is 18.5. The molecule has 6 nitrogen and oxygen atoms in total. The van der Waals surface area contributed by atoms with E-state index in [0.29, 0.717) is 17.8 Å². The lowest BCUT2D eigenvalue weighted by Gasteiger charge is -2.20. The van der Waals surface area contributed by atoms with Crippen molar-refractivity contribution in [2.45, 2.75) is 13.5 Å². The molecule has 0 saturated carbocycles. The Balaban J connectivity index is 2.04. The molecule has 0 saturated heterocycles. The number of nitrogens with zero attached hydrogens (tertiary/aromatic N) is 3. The highest BCUT2D eigenvalue weighted by atomic mass is 16.4. The van der Waals surface area contributed by atoms with E-state index in [1.165, 1.54) is 11.0 Å². The topological polar surface area (TPSA) is 86.3 Å². The summed E-state index contributed by atoms with van der Waals surface area (Å²) >= 11 is 0. The maximum absolute atomic E-state index is 13.0. The Morgan fingerprint density at radius 2 is 1.82 bits per heavy atom. The molecule has 1 amide bonds. The van der Waals surface area contributed by atoms with E-state index in [4.69, 9.17) is 5.11 Å². The van der Waals surface area contributed by atoms with Gasteiger partial charge in [-0.3, -0.25) is 9.59 Å². The molecule has 2 aromatic carbocycles. The van der Waals surface area contributed by atoms with Crippen molar-refractivity contribution in [1.29, 1.82) is 5.26 Å². The van der Waals surface area contributed by atoms with E-state index in [9.17, 15) is 14.9 Å². The van der Waals surface area contributed by atoms with Gasteiger partial charge in [0.05, 0.1) is 0 Å². The van der Waals surface area contributed by atoms with Crippen molar-refractivity contribution in [3.63, 3.8) is 0 Å². The Morgan fingerprint density at radius 1 is 1.14 bits per heavy atom. The van der Waals surface area contributed by atoms with Gasteiger partial charge in [0.1, 0.15) is 18.2 Å². The number of carbonyl (C=O) groups is 2. The van der Waals surface area contributed by atoms with Crippen LogP contribution < -0.4 is 4.90 Å². The fourth-order valence-corrected chi connectivity index (χ4v) is 3.16. The van der Waals surface area contributed by atoms with E-state index in [0.717, 1.165) is 10.9 Å². The maximum Gasteiger partial charge on any atom is 0.323 e. The van der Waals surface area contributed by atoms with Crippen molar-refractivity contribution in [2.75, 3.05) is 11.4 Å². The van der Waals surface area contributed by atoms with Crippen LogP contribution in [0.15, 0.2) is 66.4 Å². The molecule has 1 heterocycles. The molecule has 0 bridgehead atoms. The van der Waals surface area contributed by atoms with Crippen LogP contribution in [0.25, 0.3) is 17.0 Å². The van der Waals surface area contributed by atoms with Gasteiger partial charge in [0.2, 0.25) is 0 Å². The molecule has 1 aromatic heterocycles. The first kappa shape index (κ1) is 18.9. The van der Waals surface area contributed by atoms with E-state index >= 15 is 0 Å². The summed E-state index contributed by atoms with van der Waals surface area (Å²) in [5, 5.41) is 19.5. The van der Waals surface area contributed by atoms with E-state index < -0.39 is 11.9 Å². The quantitative estimate of drug-likeness (QED) is 0.527. The number of para-hydroxylation sites is 2. The van der Waals surface area contributed by atoms with Gasteiger partial charge in [0, 0.05) is 34.9 Å². The van der Waals surface area contributed by atoms with Gasteiger partial charge in [-0.2, -0.15) is 5.26 Å². The number of likely N-dealkylation sites (N-methyl/N-ethyl adjacent to an activating group) is 1. The van der Waals surface area contributed by atoms with E-state index in [-0.39, 0.29) is 12.1 Å². The minimum Gasteiger partial charge on any atom is -0.480 e. The highest BCUT2D eigenvalue weighted by Gasteiger charge is 2.19. The molecule has 0 radical (unpaired) electrons. The largest absolute Gasteiger partial charge is 0.480 e. The van der Waals surface area contributed by atoms with Gasteiger partial charge in [-0.25, -0.2) is 0 Å². The van der Waals surface area contributed by atoms with Crippen molar-refractivity contribution in [1.82, 2.24) is 4.57 Å². The lowest BCUT2D eigenvalue weighted by Crippen LogP contribution is -2.31. The molecule has 0 atom stereocenters. The smallest absolute Gasteiger partial charge is 0.323 e. The van der Waals surface area contributed by atoms with Crippen LogP contribution in [0.4, 0.5) is 5.69 Å². The molecule has 0 aliphatic carbocycles. The monoisotopic (exact) mass is 373 g/mol. The number of fused-ring (bicyclic) bond motifs is 1. The molecule has 3 rings (SSSR count). The van der Waals surface area contributed by atoms with Crippen LogP contribution in [-0.2, 0) is 16.1 Å². The molecule has 0 aliphatic rings. The first-order chi connectivity index (χ1) is 13.5. The number of hydrogen-bond donors (Lipinski definition) is 1. The second-order valence-corrected chi connectivity index (χ2v) is 6.18. The Hall–Kier alpha value is -3.85. The van der Waals surface area contributed by atoms with Gasteiger partial charge >= 0.3 is 5.97 Å². The van der Waals surface area contributed by atoms with Crippen LogP contribution in [0.5, 0.6) is 0 Å². The Kier molecular flexibility index (Phi) is 5.56. The third kappa shape index (κ3) is 3.79. The third-order valence-corrected chi connectivity index (χ3v) is 4.40. The van der Waals surface area contributed by atoms with Crippen LogP contribution >= 0.6 is 0 Å². The van der Waals surface area contributed by atoms with Gasteiger partial charge in [0.15, 0.2) is 0 Å². The fourth-order valence-electron chi connectivity index (χ4n) is 3.16. The molecular formula is C22H19N3O3. The van der Waals surface area contributed by atoms with Gasteiger partial charge in [-0.05, 0) is 31.2 Å². The molecule has 140 valence electrons. The summed E-state index contributed by atoms with van der Waals surface area (Å²) in [5.74, 6) is -1.36. The van der Waals surface area contributed by atoms with Crippen molar-refractivity contribution in [2.24, 2.45) is 0 Å². The Labute approximate surface area is 162 Å². The summed E-state index contributed by atoms with van der Waals surface area (Å²) in [6.07, 6.45) is 3.18. The number of amides is 1. The first-order valence-corrected chi connectivity index (χ1v) is 8.83. The highest BCUT2D eigenvalue weighted by Crippen LogP contribution is 2.25. The number of carbonyl (C=O) groups excluding carboxylic acids is 1. The van der Waals surface area contributed by atoms with E-state index in [1.54, 1.807) is 10.8 Å². The van der Waals surface area contributed by atoms with Gasteiger partial charge in [-0.15, -0.1) is 0 Å². The molecule has 0 unspecified atom stereocenters. The predicted molar refractivity (Wildman–Crippen MR) is 108 cm³/mol. The minimum absolute atomic E-state index is 0.0102. The molecule has 3 aromatic rings. The SMILES string of the molecule is CCN(C(=O)/C(C#N)=C/c1cn(CC(=O)O)c2ccccc12)c1ccccc1. The van der Waals surface area contributed by atoms with Crippen molar-refractivity contribution >= 4 is 34.5 Å². The first-order valence-electron chi connectivity index (χ1n) is 8.83. The lowest BCUT2D eigenvalue weighted by atomic mass is 10.1. The summed E-state index contributed by atoms with van der Waals surface area (Å²) in [7, 11) is 0. The second kappa shape index (κ2) is 8.23. The standard InChI is InChI=1S/C22H19N3O3/c1-2-25(18-8-4-3-5-9-18)22(28)16(13-23)12-17-14-24(15-21(26)27)20-11-7-6-10-19(17)20/h3-12,14H,2,15H2,1H3,(H,26,27)/b16-12+. The molecule has 0 spiro atoms. The number of anilines is 1. The number of aromatic nitrogens is 1. The minimum atomic E-state index is -0.964. The zero-order chi connectivity index (χ0) is 20.1. The molecule has 6 heteroatoms. The van der Waals surface area contributed by atoms with Crippen molar-refractivity contribution < 1.29 is 14.7 Å². The van der Waals surface area contributed by atoms with E-state index in [1.807, 2.05) is 67.6 Å². The number of aliphatic carboxylic acids is 1. The van der Waals surface area contributed by atoms with Crippen molar-refractivity contribution in [3.05, 3.63) is 71.9 Å². The number of carboxylic acids is 1. The molecule has 1 N–H and O–H groups in total. The molecule has 0 fully saturated rings. The normalized spacial score (nSPS) is 11.2. The molecular weight excluding hydrogens is 354 g/mol. The van der Waals surface area contributed by atoms with Gasteiger partial charge in [-0.1, -0.05) is 36.4 Å². The average Bonchev–Trinajstić information content (AvgIpc) is 3.04. The van der Waals surface area contributed by atoms with Gasteiger partial charge in [0.25, 0.3) is 5.91 Å². The second-order valence-electron chi connectivity index (χ2n) is 6.18. The third-order valence-electron chi connectivity index (χ3n) is 4.40. The fraction of sp³-hybridized carbons (Fsp3) is 0.136. The van der Waals surface area contributed by atoms with E-state index in [2.05, 4.69) is 0 Å². The maximum atomic E-state index is 13.0. The summed E-state index contributed by atoms with van der Waals surface area (Å²) in [5.41, 5.74) is 2.07. The number of rotatable bonds is 6. The van der Waals surface area contributed by atoms with Gasteiger partial charge < -0.3 is 14.6 Å². The average molecular weight is 373 g/mol. The van der Waals surface area contributed by atoms with Crippen LogP contribution in [0.3, 0.4) is 0 Å². The summed E-state index contributed by atoms with van der Waals surface area (Å²) in [4.78, 5) is 25.6. The van der Waals surface area contributed by atoms with Crippen LogP contribution in [0.1, 0.15) is 12.5 Å². The zero-order valence-electron chi connectivity index (χ0n) is 15.4. The lowest BCUT2D eigenvalue weighted by molar-refractivity contribution is -0.137. The number of nitriles is 1. The predicted octanol–water partition coefficient (Wildman–Crippen LogP) is 3.69.